The van der Waals surface area contributed by atoms with Gasteiger partial charge in [-0.15, -0.1) is 0 Å². The smallest absolute Gasteiger partial charge is 0.287 e. The van der Waals surface area contributed by atoms with E-state index in [9.17, 15) is 4.79 Å². The average molecular weight is 237 g/mol. The van der Waals surface area contributed by atoms with Crippen molar-refractivity contribution in [1.29, 1.82) is 0 Å². The molecule has 1 saturated heterocycles. The van der Waals surface area contributed by atoms with E-state index in [0.29, 0.717) is 6.54 Å². The first-order chi connectivity index (χ1) is 5.79. The molecule has 0 bridgehead atoms. The molecule has 0 aromatic rings. The minimum atomic E-state index is -0.143. The lowest BCUT2D eigenvalue weighted by atomic mass is 10.4. The quantitative estimate of drug-likeness (QED) is 0.571. The molecule has 0 saturated carbocycles. The molecule has 70 valence electrons. The van der Waals surface area contributed by atoms with Crippen LogP contribution in [0.5, 0.6) is 0 Å². The van der Waals surface area contributed by atoms with Gasteiger partial charge >= 0.3 is 0 Å². The Hall–Kier alpha value is -0.130. The van der Waals surface area contributed by atoms with E-state index in [2.05, 4.69) is 26.1 Å². The third kappa shape index (κ3) is 4.04. The van der Waals surface area contributed by atoms with Gasteiger partial charge in [0.25, 0.3) is 4.82 Å². The standard InChI is InChI=1S/C7H13BrN2O2/c8-7(11)9-1-2-10-3-5-12-6-4-10/h1-6H2,(H,9,11). The Morgan fingerprint density at radius 3 is 2.75 bits per heavy atom. The SMILES string of the molecule is O=C(Br)NCCN1CCOCC1. The topological polar surface area (TPSA) is 41.6 Å². The minimum absolute atomic E-state index is 0.143. The summed E-state index contributed by atoms with van der Waals surface area (Å²) in [5.74, 6) is 0. The lowest BCUT2D eigenvalue weighted by molar-refractivity contribution is 0.0388. The molecule has 0 radical (unpaired) electrons. The van der Waals surface area contributed by atoms with Crippen molar-refractivity contribution in [3.8, 4) is 0 Å². The van der Waals surface area contributed by atoms with Crippen LogP contribution in [0.2, 0.25) is 0 Å². The molecule has 0 aromatic heterocycles. The molecule has 0 unspecified atom stereocenters. The third-order valence-electron chi connectivity index (χ3n) is 1.80. The van der Waals surface area contributed by atoms with E-state index in [-0.39, 0.29) is 4.82 Å². The molecule has 1 aliphatic heterocycles. The zero-order valence-electron chi connectivity index (χ0n) is 6.88. The minimum Gasteiger partial charge on any atom is -0.379 e. The van der Waals surface area contributed by atoms with Gasteiger partial charge in [-0.2, -0.15) is 0 Å². The van der Waals surface area contributed by atoms with Crippen LogP contribution in [-0.4, -0.2) is 49.1 Å². The second kappa shape index (κ2) is 5.50. The molecule has 0 atom stereocenters. The van der Waals surface area contributed by atoms with Gasteiger partial charge in [0.15, 0.2) is 0 Å². The largest absolute Gasteiger partial charge is 0.379 e. The Morgan fingerprint density at radius 2 is 2.17 bits per heavy atom. The van der Waals surface area contributed by atoms with Crippen LogP contribution in [0.25, 0.3) is 0 Å². The summed E-state index contributed by atoms with van der Waals surface area (Å²) in [6.45, 7) is 5.16. The summed E-state index contributed by atoms with van der Waals surface area (Å²) in [6, 6.07) is 0. The molecule has 12 heavy (non-hydrogen) atoms. The molecule has 1 heterocycles. The summed E-state index contributed by atoms with van der Waals surface area (Å²) in [6.07, 6.45) is 0. The Balaban J connectivity index is 2.01. The zero-order valence-corrected chi connectivity index (χ0v) is 8.47. The van der Waals surface area contributed by atoms with Crippen LogP contribution in [-0.2, 0) is 4.74 Å². The van der Waals surface area contributed by atoms with E-state index in [1.807, 2.05) is 0 Å². The van der Waals surface area contributed by atoms with Crippen LogP contribution in [0.15, 0.2) is 0 Å². The van der Waals surface area contributed by atoms with E-state index < -0.39 is 0 Å². The molecule has 1 amide bonds. The van der Waals surface area contributed by atoms with E-state index in [0.717, 1.165) is 32.8 Å². The van der Waals surface area contributed by atoms with Crippen molar-refractivity contribution >= 4 is 20.7 Å². The fourth-order valence-corrected chi connectivity index (χ4v) is 1.34. The van der Waals surface area contributed by atoms with Gasteiger partial charge in [0.1, 0.15) is 0 Å². The summed E-state index contributed by atoms with van der Waals surface area (Å²) in [5.41, 5.74) is 0. The van der Waals surface area contributed by atoms with Gasteiger partial charge in [-0.3, -0.25) is 9.69 Å². The van der Waals surface area contributed by atoms with Crippen molar-refractivity contribution in [3.05, 3.63) is 0 Å². The molecule has 0 aliphatic carbocycles. The second-order valence-electron chi connectivity index (χ2n) is 2.65. The van der Waals surface area contributed by atoms with Crippen LogP contribution in [0.4, 0.5) is 4.79 Å². The highest BCUT2D eigenvalue weighted by atomic mass is 79.9. The van der Waals surface area contributed by atoms with Gasteiger partial charge in [0, 0.05) is 42.1 Å². The number of carbonyl (C=O) groups is 1. The van der Waals surface area contributed by atoms with Crippen LogP contribution in [0.3, 0.4) is 0 Å². The maximum absolute atomic E-state index is 10.4. The fourth-order valence-electron chi connectivity index (χ4n) is 1.14. The van der Waals surface area contributed by atoms with Crippen LogP contribution in [0.1, 0.15) is 0 Å². The first kappa shape index (κ1) is 9.95. The molecular formula is C7H13BrN2O2. The number of nitrogens with zero attached hydrogens (tertiary/aromatic N) is 1. The monoisotopic (exact) mass is 236 g/mol. The van der Waals surface area contributed by atoms with Gasteiger partial charge in [-0.1, -0.05) is 0 Å². The summed E-state index contributed by atoms with van der Waals surface area (Å²) in [7, 11) is 0. The number of morpholine rings is 1. The van der Waals surface area contributed by atoms with Gasteiger partial charge < -0.3 is 10.1 Å². The predicted molar refractivity (Wildman–Crippen MR) is 49.6 cm³/mol. The molecule has 1 fully saturated rings. The molecule has 1 N–H and O–H groups in total. The second-order valence-corrected chi connectivity index (χ2v) is 3.37. The van der Waals surface area contributed by atoms with Crippen LogP contribution < -0.4 is 5.32 Å². The van der Waals surface area contributed by atoms with Crippen LogP contribution in [0, 0.1) is 0 Å². The molecule has 5 heteroatoms. The highest BCUT2D eigenvalue weighted by Crippen LogP contribution is 1.94. The van der Waals surface area contributed by atoms with Gasteiger partial charge in [0.05, 0.1) is 13.2 Å². The van der Waals surface area contributed by atoms with Crippen molar-refractivity contribution in [2.75, 3.05) is 39.4 Å². The number of carbonyl (C=O) groups excluding carboxylic acids is 1. The highest BCUT2D eigenvalue weighted by molar-refractivity contribution is 9.18. The van der Waals surface area contributed by atoms with Crippen molar-refractivity contribution in [3.63, 3.8) is 0 Å². The fraction of sp³-hybridized carbons (Fsp3) is 0.857. The maximum Gasteiger partial charge on any atom is 0.287 e. The van der Waals surface area contributed by atoms with E-state index in [1.165, 1.54) is 0 Å². The number of amides is 1. The number of rotatable bonds is 3. The first-order valence-electron chi connectivity index (χ1n) is 4.02. The summed E-state index contributed by atoms with van der Waals surface area (Å²) in [5, 5.41) is 2.69. The Bertz CT molecular complexity index is 148. The highest BCUT2D eigenvalue weighted by Gasteiger charge is 2.09. The number of hydrogen-bond acceptors (Lipinski definition) is 3. The number of nitrogens with one attached hydrogen (secondary N) is 1. The van der Waals surface area contributed by atoms with Gasteiger partial charge in [-0.25, -0.2) is 0 Å². The molecule has 0 aromatic carbocycles. The van der Waals surface area contributed by atoms with E-state index in [4.69, 9.17) is 4.74 Å². The Labute approximate surface area is 80.4 Å². The Morgan fingerprint density at radius 1 is 1.50 bits per heavy atom. The van der Waals surface area contributed by atoms with Gasteiger partial charge in [0.2, 0.25) is 0 Å². The van der Waals surface area contributed by atoms with Crippen molar-refractivity contribution in [2.24, 2.45) is 0 Å². The van der Waals surface area contributed by atoms with Crippen molar-refractivity contribution in [1.82, 2.24) is 10.2 Å². The summed E-state index contributed by atoms with van der Waals surface area (Å²) in [4.78, 5) is 12.6. The normalized spacial score (nSPS) is 19.1. The Kier molecular flexibility index (Phi) is 4.57. The predicted octanol–water partition coefficient (Wildman–Crippen LogP) is 0.423. The van der Waals surface area contributed by atoms with Gasteiger partial charge in [-0.05, 0) is 0 Å². The number of ether oxygens (including phenoxy) is 1. The van der Waals surface area contributed by atoms with Crippen molar-refractivity contribution in [2.45, 2.75) is 0 Å². The molecule has 0 spiro atoms. The zero-order chi connectivity index (χ0) is 8.81. The molecule has 1 aliphatic rings. The lowest BCUT2D eigenvalue weighted by Gasteiger charge is -2.26. The lowest BCUT2D eigenvalue weighted by Crippen LogP contribution is -2.40. The molecule has 1 rings (SSSR count). The summed E-state index contributed by atoms with van der Waals surface area (Å²) >= 11 is 2.81. The first-order valence-corrected chi connectivity index (χ1v) is 4.82. The average Bonchev–Trinajstić information content (AvgIpc) is 2.05. The van der Waals surface area contributed by atoms with Crippen LogP contribution >= 0.6 is 15.9 Å². The summed E-state index contributed by atoms with van der Waals surface area (Å²) < 4.78 is 5.19. The number of halogens is 1. The number of hydrogen-bond donors (Lipinski definition) is 1. The maximum atomic E-state index is 10.4. The molecule has 4 nitrogen and oxygen atoms in total. The van der Waals surface area contributed by atoms with Crippen molar-refractivity contribution < 1.29 is 9.53 Å². The molecular weight excluding hydrogens is 224 g/mol. The van der Waals surface area contributed by atoms with E-state index >= 15 is 0 Å². The third-order valence-corrected chi connectivity index (χ3v) is 2.08. The van der Waals surface area contributed by atoms with E-state index in [1.54, 1.807) is 0 Å².